The van der Waals surface area contributed by atoms with Crippen molar-refractivity contribution < 1.29 is 4.74 Å². The van der Waals surface area contributed by atoms with E-state index < -0.39 is 0 Å². The van der Waals surface area contributed by atoms with Crippen molar-refractivity contribution >= 4 is 34.2 Å². The van der Waals surface area contributed by atoms with Gasteiger partial charge in [-0.3, -0.25) is 0 Å². The number of halogens is 2. The normalized spacial score (nSPS) is 17.2. The van der Waals surface area contributed by atoms with Crippen molar-refractivity contribution in [1.29, 1.82) is 0 Å². The molecule has 0 fully saturated rings. The summed E-state index contributed by atoms with van der Waals surface area (Å²) in [5, 5.41) is 4.13. The lowest BCUT2D eigenvalue weighted by atomic mass is 9.95. The fourth-order valence-corrected chi connectivity index (χ4v) is 2.58. The monoisotopic (exact) mass is 363 g/mol. The molecule has 0 bridgehead atoms. The van der Waals surface area contributed by atoms with Crippen LogP contribution in [0.25, 0.3) is 0 Å². The SMILES string of the molecule is CNC(C1=COCCC1)c1ccc(I)c(Cl)c1. The van der Waals surface area contributed by atoms with Crippen molar-refractivity contribution in [3.05, 3.63) is 44.2 Å². The Hall–Kier alpha value is -0.260. The maximum Gasteiger partial charge on any atom is 0.0876 e. The highest BCUT2D eigenvalue weighted by Gasteiger charge is 2.18. The lowest BCUT2D eigenvalue weighted by Gasteiger charge is -2.23. The molecule has 1 aromatic rings. The number of ether oxygens (including phenoxy) is 1. The lowest BCUT2D eigenvalue weighted by molar-refractivity contribution is 0.220. The van der Waals surface area contributed by atoms with Gasteiger partial charge in [-0.25, -0.2) is 0 Å². The molecule has 1 aliphatic rings. The zero-order valence-corrected chi connectivity index (χ0v) is 12.6. The number of rotatable bonds is 3. The highest BCUT2D eigenvalue weighted by Crippen LogP contribution is 2.30. The van der Waals surface area contributed by atoms with Gasteiger partial charge in [-0.2, -0.15) is 0 Å². The Morgan fingerprint density at radius 3 is 2.88 bits per heavy atom. The molecule has 0 amide bonds. The molecule has 4 heteroatoms. The molecule has 0 saturated heterocycles. The molecule has 92 valence electrons. The van der Waals surface area contributed by atoms with Gasteiger partial charge < -0.3 is 10.1 Å². The first kappa shape index (κ1) is 13.2. The molecule has 2 nitrogen and oxygen atoms in total. The first-order valence-corrected chi connectivity index (χ1v) is 7.11. The second-order valence-corrected chi connectivity index (χ2v) is 5.63. The zero-order valence-electron chi connectivity index (χ0n) is 9.67. The molecule has 0 saturated carbocycles. The number of benzene rings is 1. The third-order valence-electron chi connectivity index (χ3n) is 2.90. The standard InChI is InChI=1S/C13H15ClINO/c1-16-13(10-3-2-6-17-8-10)9-4-5-12(15)11(14)7-9/h4-5,7-8,13,16H,2-3,6H2,1H3. The maximum absolute atomic E-state index is 6.17. The first-order valence-electron chi connectivity index (χ1n) is 5.65. The minimum absolute atomic E-state index is 0.199. The molecule has 17 heavy (non-hydrogen) atoms. The van der Waals surface area contributed by atoms with Gasteiger partial charge >= 0.3 is 0 Å². The van der Waals surface area contributed by atoms with Gasteiger partial charge in [0, 0.05) is 3.57 Å². The van der Waals surface area contributed by atoms with E-state index in [1.54, 1.807) is 0 Å². The van der Waals surface area contributed by atoms with E-state index in [1.165, 1.54) is 11.1 Å². The Morgan fingerprint density at radius 2 is 2.29 bits per heavy atom. The fourth-order valence-electron chi connectivity index (χ4n) is 2.05. The Bertz CT molecular complexity index is 433. The van der Waals surface area contributed by atoms with Crippen LogP contribution in [0, 0.1) is 3.57 Å². The second-order valence-electron chi connectivity index (χ2n) is 4.06. The predicted octanol–water partition coefficient (Wildman–Crippen LogP) is 3.90. The van der Waals surface area contributed by atoms with E-state index in [1.807, 2.05) is 25.4 Å². The summed E-state index contributed by atoms with van der Waals surface area (Å²) in [5.41, 5.74) is 2.48. The van der Waals surface area contributed by atoms with E-state index in [0.29, 0.717) is 0 Å². The van der Waals surface area contributed by atoms with Crippen molar-refractivity contribution in [2.24, 2.45) is 0 Å². The van der Waals surface area contributed by atoms with Crippen LogP contribution in [0.2, 0.25) is 5.02 Å². The number of hydrogen-bond donors (Lipinski definition) is 1. The summed E-state index contributed by atoms with van der Waals surface area (Å²) in [6.45, 7) is 0.827. The van der Waals surface area contributed by atoms with Crippen LogP contribution in [0.5, 0.6) is 0 Å². The average molecular weight is 364 g/mol. The summed E-state index contributed by atoms with van der Waals surface area (Å²) in [6, 6.07) is 6.39. The lowest BCUT2D eigenvalue weighted by Crippen LogP contribution is -2.20. The van der Waals surface area contributed by atoms with E-state index in [0.717, 1.165) is 28.0 Å². The molecular formula is C13H15ClINO. The molecule has 0 radical (unpaired) electrons. The second kappa shape index (κ2) is 6.07. The fraction of sp³-hybridized carbons (Fsp3) is 0.385. The Labute approximate surface area is 121 Å². The van der Waals surface area contributed by atoms with Gasteiger partial charge in [-0.1, -0.05) is 17.7 Å². The molecule has 2 rings (SSSR count). The number of nitrogens with one attached hydrogen (secondary N) is 1. The molecule has 0 spiro atoms. The van der Waals surface area contributed by atoms with Crippen LogP contribution >= 0.6 is 34.2 Å². The van der Waals surface area contributed by atoms with Gasteiger partial charge in [-0.05, 0) is 65.7 Å². The highest BCUT2D eigenvalue weighted by molar-refractivity contribution is 14.1. The third kappa shape index (κ3) is 3.14. The van der Waals surface area contributed by atoms with Crippen LogP contribution in [-0.2, 0) is 4.74 Å². The van der Waals surface area contributed by atoms with Gasteiger partial charge in [0.2, 0.25) is 0 Å². The van der Waals surface area contributed by atoms with Crippen LogP contribution < -0.4 is 5.32 Å². The Kier molecular flexibility index (Phi) is 4.70. The van der Waals surface area contributed by atoms with E-state index in [4.69, 9.17) is 16.3 Å². The van der Waals surface area contributed by atoms with Crippen LogP contribution in [0.3, 0.4) is 0 Å². The van der Waals surface area contributed by atoms with E-state index in [-0.39, 0.29) is 6.04 Å². The van der Waals surface area contributed by atoms with Crippen LogP contribution in [0.1, 0.15) is 24.4 Å². The number of hydrogen-bond acceptors (Lipinski definition) is 2. The molecule has 0 aliphatic carbocycles. The smallest absolute Gasteiger partial charge is 0.0876 e. The third-order valence-corrected chi connectivity index (χ3v) is 4.47. The zero-order chi connectivity index (χ0) is 12.3. The highest BCUT2D eigenvalue weighted by atomic mass is 127. The molecule has 1 unspecified atom stereocenters. The van der Waals surface area contributed by atoms with Crippen molar-refractivity contribution in [2.75, 3.05) is 13.7 Å². The quantitative estimate of drug-likeness (QED) is 0.823. The van der Waals surface area contributed by atoms with Gasteiger partial charge in [0.05, 0.1) is 23.9 Å². The summed E-state index contributed by atoms with van der Waals surface area (Å²) in [7, 11) is 1.96. The van der Waals surface area contributed by atoms with E-state index in [9.17, 15) is 0 Å². The molecule has 1 atom stereocenters. The Balaban J connectivity index is 2.28. The van der Waals surface area contributed by atoms with Gasteiger partial charge in [0.25, 0.3) is 0 Å². The summed E-state index contributed by atoms with van der Waals surface area (Å²) < 4.78 is 6.48. The summed E-state index contributed by atoms with van der Waals surface area (Å²) in [4.78, 5) is 0. The average Bonchev–Trinajstić information content (AvgIpc) is 2.36. The molecule has 1 aromatic carbocycles. The van der Waals surface area contributed by atoms with Gasteiger partial charge in [-0.15, -0.1) is 0 Å². The minimum Gasteiger partial charge on any atom is -0.501 e. The predicted molar refractivity (Wildman–Crippen MR) is 79.2 cm³/mol. The summed E-state index contributed by atoms with van der Waals surface area (Å²) >= 11 is 8.41. The van der Waals surface area contributed by atoms with Crippen LogP contribution in [-0.4, -0.2) is 13.7 Å². The largest absolute Gasteiger partial charge is 0.501 e. The summed E-state index contributed by atoms with van der Waals surface area (Å²) in [6.07, 6.45) is 4.05. The topological polar surface area (TPSA) is 21.3 Å². The van der Waals surface area contributed by atoms with Crippen molar-refractivity contribution in [3.8, 4) is 0 Å². The van der Waals surface area contributed by atoms with Gasteiger partial charge in [0.1, 0.15) is 0 Å². The van der Waals surface area contributed by atoms with E-state index in [2.05, 4.69) is 34.0 Å². The number of likely N-dealkylation sites (N-methyl/N-ethyl adjacent to an activating group) is 1. The van der Waals surface area contributed by atoms with Crippen LogP contribution in [0.15, 0.2) is 30.0 Å². The molecule has 1 N–H and O–H groups in total. The maximum atomic E-state index is 6.17. The van der Waals surface area contributed by atoms with Crippen LogP contribution in [0.4, 0.5) is 0 Å². The van der Waals surface area contributed by atoms with Crippen molar-refractivity contribution in [3.63, 3.8) is 0 Å². The van der Waals surface area contributed by atoms with Crippen molar-refractivity contribution in [1.82, 2.24) is 5.32 Å². The molecular weight excluding hydrogens is 349 g/mol. The Morgan fingerprint density at radius 1 is 1.47 bits per heavy atom. The first-order chi connectivity index (χ1) is 8.22. The van der Waals surface area contributed by atoms with E-state index >= 15 is 0 Å². The van der Waals surface area contributed by atoms with Crippen molar-refractivity contribution in [2.45, 2.75) is 18.9 Å². The summed E-state index contributed by atoms with van der Waals surface area (Å²) in [5.74, 6) is 0. The molecule has 1 aliphatic heterocycles. The molecule has 1 heterocycles. The molecule has 0 aromatic heterocycles. The van der Waals surface area contributed by atoms with Gasteiger partial charge in [0.15, 0.2) is 0 Å². The minimum atomic E-state index is 0.199.